The fourth-order valence-corrected chi connectivity index (χ4v) is 6.05. The van der Waals surface area contributed by atoms with E-state index in [1.54, 1.807) is 0 Å². The Bertz CT molecular complexity index is 2410. The normalized spacial score (nSPS) is 9.10. The van der Waals surface area contributed by atoms with Gasteiger partial charge in [0.2, 0.25) is 0 Å². The van der Waals surface area contributed by atoms with Crippen molar-refractivity contribution in [2.24, 2.45) is 10.8 Å². The van der Waals surface area contributed by atoms with Gasteiger partial charge in [0.1, 0.15) is 0 Å². The summed E-state index contributed by atoms with van der Waals surface area (Å²) in [5.74, 6) is 0. The largest absolute Gasteiger partial charge is 0.0683 e. The van der Waals surface area contributed by atoms with E-state index in [1.165, 1.54) is 66.7 Å². The Balaban J connectivity index is -0.000000843. The van der Waals surface area contributed by atoms with Gasteiger partial charge in [-0.05, 0) is 89.0 Å². The molecule has 0 aromatic heterocycles. The molecule has 0 amide bonds. The van der Waals surface area contributed by atoms with Crippen LogP contribution in [0, 0.1) is 10.8 Å². The molecule has 0 bridgehead atoms. The van der Waals surface area contributed by atoms with Crippen LogP contribution in [0.25, 0.3) is 53.9 Å². The molecule has 11 rings (SSSR count). The van der Waals surface area contributed by atoms with E-state index in [1.807, 2.05) is 165 Å². The molecule has 0 aliphatic rings. The van der Waals surface area contributed by atoms with E-state index in [0.29, 0.717) is 10.8 Å². The quantitative estimate of drug-likeness (QED) is 0.133. The summed E-state index contributed by atoms with van der Waals surface area (Å²) in [6, 6.07) is 95.6. The fourth-order valence-electron chi connectivity index (χ4n) is 6.05. The van der Waals surface area contributed by atoms with Gasteiger partial charge in [-0.25, -0.2) is 0 Å². The van der Waals surface area contributed by atoms with Crippen molar-refractivity contribution in [3.63, 3.8) is 0 Å². The molecule has 0 atom stereocenters. The van der Waals surface area contributed by atoms with Gasteiger partial charge in [0, 0.05) is 0 Å². The predicted molar refractivity (Wildman–Crippen MR) is 374 cm³/mol. The third-order valence-corrected chi connectivity index (χ3v) is 8.89. The van der Waals surface area contributed by atoms with E-state index < -0.39 is 0 Å². The molecule has 0 aliphatic heterocycles. The number of rotatable bonds is 0. The van der Waals surface area contributed by atoms with Gasteiger partial charge in [-0.15, -0.1) is 0 Å². The molecule has 0 nitrogen and oxygen atoms in total. The second-order valence-corrected chi connectivity index (χ2v) is 20.3. The summed E-state index contributed by atoms with van der Waals surface area (Å²) in [5, 5.41) is 13.1. The van der Waals surface area contributed by atoms with E-state index in [4.69, 9.17) is 0 Å². The molecule has 0 N–H and O–H groups in total. The highest BCUT2D eigenvalue weighted by Crippen LogP contribution is 2.23. The maximum absolute atomic E-state index is 2.24. The van der Waals surface area contributed by atoms with Gasteiger partial charge in [-0.2, -0.15) is 0 Å². The third-order valence-electron chi connectivity index (χ3n) is 8.89. The Labute approximate surface area is 492 Å². The van der Waals surface area contributed by atoms with Crippen LogP contribution in [-0.2, 0) is 0 Å². The maximum Gasteiger partial charge on any atom is -0.0178 e. The Morgan fingerprint density at radius 3 is 0.338 bits per heavy atom. The lowest BCUT2D eigenvalue weighted by Gasteiger charge is -2.05. The van der Waals surface area contributed by atoms with E-state index >= 15 is 0 Å². The smallest absolute Gasteiger partial charge is 0.0178 e. The van der Waals surface area contributed by atoms with Crippen LogP contribution in [0.5, 0.6) is 0 Å². The average molecular weight is 1070 g/mol. The summed E-state index contributed by atoms with van der Waals surface area (Å²) in [7, 11) is 0. The second kappa shape index (κ2) is 52.4. The molecule has 0 heterocycles. The van der Waals surface area contributed by atoms with Crippen molar-refractivity contribution < 1.29 is 0 Å². The molecule has 80 heavy (non-hydrogen) atoms. The molecule has 0 fully saturated rings. The molecular formula is C80H110. The maximum atomic E-state index is 2.24. The number of fused-ring (bicyclic) bond motifs is 5. The van der Waals surface area contributed by atoms with Crippen LogP contribution in [0.4, 0.5) is 0 Å². The minimum atomic E-state index is 0.500. The number of hydrogen-bond donors (Lipinski definition) is 0. The van der Waals surface area contributed by atoms with Crippen molar-refractivity contribution in [2.75, 3.05) is 0 Å². The third kappa shape index (κ3) is 43.7. The molecule has 0 unspecified atom stereocenters. The second-order valence-electron chi connectivity index (χ2n) is 20.3. The van der Waals surface area contributed by atoms with Crippen LogP contribution in [0.3, 0.4) is 0 Å². The predicted octanol–water partition coefficient (Wildman–Crippen LogP) is 26.9. The highest BCUT2D eigenvalue weighted by molar-refractivity contribution is 5.99. The van der Waals surface area contributed by atoms with Crippen LogP contribution in [0.2, 0.25) is 0 Å². The summed E-state index contributed by atoms with van der Waals surface area (Å²) >= 11 is 0. The topological polar surface area (TPSA) is 0 Å². The fraction of sp³-hybridized carbons (Fsp3) is 0.300. The zero-order chi connectivity index (χ0) is 60.7. The van der Waals surface area contributed by atoms with Crippen LogP contribution < -0.4 is 0 Å². The molecule has 11 aromatic carbocycles. The lowest BCUT2D eigenvalue weighted by Crippen LogP contribution is -1.93. The van der Waals surface area contributed by atoms with Gasteiger partial charge >= 0.3 is 0 Å². The monoisotopic (exact) mass is 1070 g/mol. The van der Waals surface area contributed by atoms with Crippen molar-refractivity contribution >= 4 is 53.9 Å². The van der Waals surface area contributed by atoms with Gasteiger partial charge in [-0.3, -0.25) is 0 Å². The first kappa shape index (κ1) is 77.0. The Kier molecular flexibility index (Phi) is 50.4. The van der Waals surface area contributed by atoms with E-state index in [2.05, 4.69) is 253 Å². The van der Waals surface area contributed by atoms with Crippen molar-refractivity contribution in [1.29, 1.82) is 0 Å². The van der Waals surface area contributed by atoms with Gasteiger partial charge in [0.15, 0.2) is 0 Å². The Morgan fingerprint density at radius 1 is 0.175 bits per heavy atom. The SMILES string of the molecule is CC.CC.CC.CC.CC(C)(C)C.CC(C)(C)C.CCC.CCC.c1ccc2cc3ccccc3cc2c1.c1ccc2cc3ccccc3cc2c1.c1ccc2ccccc2c1.c1ccccc1.c1ccccc1.c1ccccc1. The molecule has 0 radical (unpaired) electrons. The average Bonchev–Trinajstić information content (AvgIpc) is 3.50. The summed E-state index contributed by atoms with van der Waals surface area (Å²) in [6.07, 6.45) is 2.50. The Morgan fingerprint density at radius 2 is 0.250 bits per heavy atom. The van der Waals surface area contributed by atoms with Crippen LogP contribution in [0.1, 0.15) is 151 Å². The summed E-state index contributed by atoms with van der Waals surface area (Å²) < 4.78 is 0. The highest BCUT2D eigenvalue weighted by Gasteiger charge is 1.98. The summed E-state index contributed by atoms with van der Waals surface area (Å²) in [4.78, 5) is 0. The van der Waals surface area contributed by atoms with Crippen LogP contribution >= 0.6 is 0 Å². The van der Waals surface area contributed by atoms with E-state index in [0.717, 1.165) is 0 Å². The van der Waals surface area contributed by atoms with E-state index in [9.17, 15) is 0 Å². The van der Waals surface area contributed by atoms with Crippen molar-refractivity contribution in [2.45, 2.75) is 151 Å². The molecule has 0 saturated carbocycles. The van der Waals surface area contributed by atoms with Crippen molar-refractivity contribution in [3.8, 4) is 0 Å². The minimum Gasteiger partial charge on any atom is -0.0683 e. The molecular weight excluding hydrogens is 961 g/mol. The molecule has 0 heteroatoms. The lowest BCUT2D eigenvalue weighted by molar-refractivity contribution is 0.469. The molecule has 0 spiro atoms. The summed E-state index contributed by atoms with van der Waals surface area (Å²) in [6.45, 7) is 42.0. The van der Waals surface area contributed by atoms with Crippen LogP contribution in [-0.4, -0.2) is 0 Å². The molecule has 11 aromatic rings. The number of hydrogen-bond acceptors (Lipinski definition) is 0. The van der Waals surface area contributed by atoms with Crippen LogP contribution in [0.15, 0.2) is 279 Å². The first-order valence-corrected chi connectivity index (χ1v) is 29.9. The first-order chi connectivity index (χ1) is 38.7. The summed E-state index contributed by atoms with van der Waals surface area (Å²) in [5.41, 5.74) is 1.00. The zero-order valence-corrected chi connectivity index (χ0v) is 54.0. The van der Waals surface area contributed by atoms with Gasteiger partial charge < -0.3 is 0 Å². The van der Waals surface area contributed by atoms with Crippen molar-refractivity contribution in [1.82, 2.24) is 0 Å². The van der Waals surface area contributed by atoms with Gasteiger partial charge in [0.25, 0.3) is 0 Å². The van der Waals surface area contributed by atoms with E-state index in [-0.39, 0.29) is 0 Å². The molecule has 0 aliphatic carbocycles. The Hall–Kier alpha value is -7.28. The van der Waals surface area contributed by atoms with Gasteiger partial charge in [-0.1, -0.05) is 406 Å². The minimum absolute atomic E-state index is 0.500. The molecule has 0 saturated heterocycles. The number of benzene rings is 11. The molecule has 430 valence electrons. The zero-order valence-electron chi connectivity index (χ0n) is 54.0. The first-order valence-electron chi connectivity index (χ1n) is 29.9. The van der Waals surface area contributed by atoms with Gasteiger partial charge in [0.05, 0.1) is 0 Å². The lowest BCUT2D eigenvalue weighted by atomic mass is 10.0. The van der Waals surface area contributed by atoms with Crippen molar-refractivity contribution in [3.05, 3.63) is 279 Å². The highest BCUT2D eigenvalue weighted by atomic mass is 14.0. The standard InChI is InChI=1S/2C14H10.C10H8.3C6H6.2C5H12.2C3H8.4C2H6/c2*1-2-6-12-10-14-8-4-3-7-13(14)9-11(12)5-1;1-2-6-10-8-4-3-7-9(10)5-1;3*1-2-4-6-5-3-1;2*1-5(2,3)4;2*1-3-2;4*1-2/h2*1-10H;1-8H;3*1-6H;2*1-4H3;2*3H2,1-2H3;4*1-2H3.